The molecule has 1 spiro atoms. The molecule has 0 unspecified atom stereocenters. The van der Waals surface area contributed by atoms with E-state index in [4.69, 9.17) is 10.1 Å². The van der Waals surface area contributed by atoms with Crippen LogP contribution in [0.25, 0.3) is 21.9 Å². The highest BCUT2D eigenvalue weighted by Gasteiger charge is 2.59. The topological polar surface area (TPSA) is 122 Å². The number of primary sulfonamides is 1. The number of nitrogens with zero attached hydrogens (tertiary/aromatic N) is 4. The van der Waals surface area contributed by atoms with Crippen LogP contribution in [-0.4, -0.2) is 54.9 Å². The number of nitrogens with two attached hydrogens (primary N) is 1. The number of carbonyl (C=O) groups excluding carboxylic acids is 1. The van der Waals surface area contributed by atoms with E-state index in [0.29, 0.717) is 24.3 Å². The molecule has 2 aliphatic rings. The number of likely N-dealkylation sites (tertiary alicyclic amines) is 1. The van der Waals surface area contributed by atoms with Gasteiger partial charge in [-0.15, -0.1) is 0 Å². The van der Waals surface area contributed by atoms with Gasteiger partial charge >= 0.3 is 0 Å². The van der Waals surface area contributed by atoms with Crippen molar-refractivity contribution >= 4 is 32.4 Å². The highest BCUT2D eigenvalue weighted by atomic mass is 32.2. The molecular weight excluding hydrogens is 536 g/mol. The number of pyridine rings is 2. The van der Waals surface area contributed by atoms with Crippen LogP contribution in [0.1, 0.15) is 25.1 Å². The molecule has 0 bridgehead atoms. The van der Waals surface area contributed by atoms with E-state index < -0.39 is 15.4 Å². The van der Waals surface area contributed by atoms with Gasteiger partial charge in [0.05, 0.1) is 17.8 Å². The van der Waals surface area contributed by atoms with Gasteiger partial charge in [-0.05, 0) is 50.0 Å². The van der Waals surface area contributed by atoms with Crippen LogP contribution in [-0.2, 0) is 26.8 Å². The number of likely N-dealkylation sites (N-methyl/N-ethyl adjacent to an activating group) is 1. The third-order valence-corrected chi connectivity index (χ3v) is 9.34. The second-order valence-corrected chi connectivity index (χ2v) is 12.8. The molecule has 2 aromatic carbocycles. The van der Waals surface area contributed by atoms with Crippen molar-refractivity contribution in [2.24, 2.45) is 5.14 Å². The van der Waals surface area contributed by atoms with E-state index >= 15 is 0 Å². The molecule has 4 aromatic rings. The van der Waals surface area contributed by atoms with Crippen LogP contribution < -0.4 is 15.4 Å². The minimum absolute atomic E-state index is 0.0358. The van der Waals surface area contributed by atoms with Gasteiger partial charge in [-0.25, -0.2) is 18.5 Å². The van der Waals surface area contributed by atoms with Gasteiger partial charge in [-0.2, -0.15) is 0 Å². The van der Waals surface area contributed by atoms with Gasteiger partial charge in [-0.3, -0.25) is 9.78 Å². The maximum absolute atomic E-state index is 14.3. The summed E-state index contributed by atoms with van der Waals surface area (Å²) in [6.07, 6.45) is 3.30. The molecule has 6 rings (SSSR count). The lowest BCUT2D eigenvalue weighted by Gasteiger charge is -2.52. The first-order valence-corrected chi connectivity index (χ1v) is 14.9. The average Bonchev–Trinajstić information content (AvgIpc) is 3.19. The van der Waals surface area contributed by atoms with Crippen molar-refractivity contribution in [1.29, 1.82) is 0 Å². The highest BCUT2D eigenvalue weighted by Crippen LogP contribution is 2.49. The lowest BCUT2D eigenvalue weighted by molar-refractivity contribution is -0.128. The van der Waals surface area contributed by atoms with E-state index in [1.54, 1.807) is 12.3 Å². The van der Waals surface area contributed by atoms with Crippen LogP contribution in [0.15, 0.2) is 90.4 Å². The van der Waals surface area contributed by atoms with Crippen molar-refractivity contribution < 1.29 is 13.2 Å². The summed E-state index contributed by atoms with van der Waals surface area (Å²) in [4.78, 5) is 27.2. The van der Waals surface area contributed by atoms with Gasteiger partial charge in [0.2, 0.25) is 5.91 Å². The fourth-order valence-electron chi connectivity index (χ4n) is 5.89. The van der Waals surface area contributed by atoms with E-state index in [0.717, 1.165) is 33.3 Å². The van der Waals surface area contributed by atoms with Crippen LogP contribution in [0.2, 0.25) is 0 Å². The lowest BCUT2D eigenvalue weighted by atomic mass is 9.73. The molecule has 1 saturated heterocycles. The van der Waals surface area contributed by atoms with Crippen LogP contribution in [0.5, 0.6) is 0 Å². The molecule has 0 radical (unpaired) electrons. The van der Waals surface area contributed by atoms with Crippen LogP contribution >= 0.6 is 0 Å². The predicted octanol–water partition coefficient (Wildman–Crippen LogP) is 3.56. The zero-order chi connectivity index (χ0) is 29.2. The Balaban J connectivity index is 1.40. The lowest BCUT2D eigenvalue weighted by Crippen LogP contribution is -2.65. The summed E-state index contributed by atoms with van der Waals surface area (Å²) >= 11 is 0. The zero-order valence-corrected chi connectivity index (χ0v) is 24.1. The van der Waals surface area contributed by atoms with Gasteiger partial charge in [-0.1, -0.05) is 49.0 Å². The minimum Gasteiger partial charge on any atom is -0.371 e. The third kappa shape index (κ3) is 4.30. The highest BCUT2D eigenvalue weighted by molar-refractivity contribution is 7.89. The molecule has 10 heteroatoms. The van der Waals surface area contributed by atoms with Crippen LogP contribution in [0.3, 0.4) is 0 Å². The molecule has 1 fully saturated rings. The maximum Gasteiger partial charge on any atom is 0.255 e. The van der Waals surface area contributed by atoms with E-state index in [1.165, 1.54) is 12.3 Å². The molecular formula is C31H32N6O3S. The Bertz CT molecular complexity index is 1810. The molecule has 0 aliphatic carbocycles. The number of carbonyl (C=O) groups is 1. The summed E-state index contributed by atoms with van der Waals surface area (Å²) < 4.78 is 23.6. The number of nitrogens with one attached hydrogen (secondary N) is 1. The summed E-state index contributed by atoms with van der Waals surface area (Å²) in [6.45, 7) is 9.83. The van der Waals surface area contributed by atoms with Gasteiger partial charge < -0.3 is 15.1 Å². The number of amides is 1. The van der Waals surface area contributed by atoms with Crippen molar-refractivity contribution in [3.05, 3.63) is 96.6 Å². The minimum atomic E-state index is -3.94. The van der Waals surface area contributed by atoms with Crippen molar-refractivity contribution in [2.75, 3.05) is 25.0 Å². The number of sulfonamides is 1. The third-order valence-electron chi connectivity index (χ3n) is 8.52. The first-order chi connectivity index (χ1) is 19.5. The number of fused-ring (bicyclic) bond motifs is 3. The van der Waals surface area contributed by atoms with Gasteiger partial charge in [0.1, 0.15) is 5.41 Å². The number of para-hydroxylation sites is 1. The Hall–Kier alpha value is -4.12. The molecule has 0 atom stereocenters. The largest absolute Gasteiger partial charge is 0.371 e. The number of anilines is 1. The first-order valence-electron chi connectivity index (χ1n) is 13.4. The molecule has 3 N–H and O–H groups in total. The fourth-order valence-corrected chi connectivity index (χ4v) is 6.35. The Kier molecular flexibility index (Phi) is 6.25. The van der Waals surface area contributed by atoms with Crippen molar-refractivity contribution in [1.82, 2.24) is 20.2 Å². The second kappa shape index (κ2) is 9.47. The summed E-state index contributed by atoms with van der Waals surface area (Å²) in [5.41, 5.74) is 4.05. The SMILES string of the molecule is C=C(N1CC2(C1)C(=O)N(Cc1ncc3ccccc3c1-c1ccc(S(N)(=O)=O)nc1)c1ccccc12)C(C)(C)NC. The summed E-state index contributed by atoms with van der Waals surface area (Å²) in [5, 5.41) is 10.2. The van der Waals surface area contributed by atoms with E-state index in [1.807, 2.05) is 60.5 Å². The predicted molar refractivity (Wildman–Crippen MR) is 160 cm³/mol. The average molecular weight is 569 g/mol. The maximum atomic E-state index is 14.3. The molecule has 1 amide bonds. The molecule has 0 saturated carbocycles. The van der Waals surface area contributed by atoms with Crippen molar-refractivity contribution in [2.45, 2.75) is 36.4 Å². The molecule has 41 heavy (non-hydrogen) atoms. The van der Waals surface area contributed by atoms with E-state index in [9.17, 15) is 13.2 Å². The number of hydrogen-bond acceptors (Lipinski definition) is 7. The second-order valence-electron chi connectivity index (χ2n) is 11.3. The van der Waals surface area contributed by atoms with Crippen molar-refractivity contribution in [3.63, 3.8) is 0 Å². The van der Waals surface area contributed by atoms with E-state index in [-0.39, 0.29) is 23.0 Å². The van der Waals surface area contributed by atoms with E-state index in [2.05, 4.69) is 35.6 Å². The van der Waals surface area contributed by atoms with Crippen molar-refractivity contribution in [3.8, 4) is 11.1 Å². The Morgan fingerprint density at radius 1 is 1.05 bits per heavy atom. The normalized spacial score (nSPS) is 16.2. The molecule has 2 aliphatic heterocycles. The standard InChI is InChI=1S/C31H32N6O3S/c1-20(30(2,3)33-4)36-18-31(19-36)24-11-7-8-12-26(24)37(29(31)38)17-25-28(23-10-6-5-9-21(23)15-34-25)22-13-14-27(35-16-22)41(32,39)40/h5-16,33H,1,17-19H2,2-4H3,(H2,32,39,40). The Morgan fingerprint density at radius 3 is 2.44 bits per heavy atom. The van der Waals surface area contributed by atoms with Crippen LogP contribution in [0.4, 0.5) is 5.69 Å². The number of rotatable bonds is 7. The number of hydrogen-bond donors (Lipinski definition) is 2. The summed E-state index contributed by atoms with van der Waals surface area (Å²) in [5.74, 6) is 0.0358. The van der Waals surface area contributed by atoms with Gasteiger partial charge in [0.15, 0.2) is 5.03 Å². The summed E-state index contributed by atoms with van der Waals surface area (Å²) in [7, 11) is -2.03. The fraction of sp³-hybridized carbons (Fsp3) is 0.258. The quantitative estimate of drug-likeness (QED) is 0.350. The smallest absolute Gasteiger partial charge is 0.255 e. The number of benzene rings is 2. The first kappa shape index (κ1) is 27.1. The monoisotopic (exact) mass is 568 g/mol. The molecule has 210 valence electrons. The Morgan fingerprint density at radius 2 is 1.76 bits per heavy atom. The molecule has 4 heterocycles. The van der Waals surface area contributed by atoms with Crippen LogP contribution in [0, 0.1) is 0 Å². The molecule has 2 aromatic heterocycles. The zero-order valence-electron chi connectivity index (χ0n) is 23.3. The Labute approximate surface area is 239 Å². The number of aromatic nitrogens is 2. The van der Waals surface area contributed by atoms with Gasteiger partial charge in [0.25, 0.3) is 10.0 Å². The molecule has 9 nitrogen and oxygen atoms in total. The summed E-state index contributed by atoms with van der Waals surface area (Å²) in [6, 6.07) is 18.9. The van der Waals surface area contributed by atoms with Gasteiger partial charge in [0, 0.05) is 53.4 Å².